The Bertz CT molecular complexity index is 607. The number of aromatic nitrogens is 4. The fourth-order valence-corrected chi connectivity index (χ4v) is 1.77. The Balaban J connectivity index is 1.97. The predicted molar refractivity (Wildman–Crippen MR) is 62.1 cm³/mol. The van der Waals surface area contributed by atoms with Crippen molar-refractivity contribution in [3.8, 4) is 0 Å². The molecule has 0 unspecified atom stereocenters. The van der Waals surface area contributed by atoms with Crippen LogP contribution in [0.15, 0.2) is 18.7 Å². The molecule has 92 valence electrons. The maximum absolute atomic E-state index is 10.8. The van der Waals surface area contributed by atoms with E-state index in [1.165, 1.54) is 0 Å². The van der Waals surface area contributed by atoms with Crippen LogP contribution in [0, 0.1) is 0 Å². The molecule has 0 saturated heterocycles. The van der Waals surface area contributed by atoms with Crippen LogP contribution in [-0.2, 0) is 10.0 Å². The summed E-state index contributed by atoms with van der Waals surface area (Å²) < 4.78 is 25.8. The van der Waals surface area contributed by atoms with Crippen molar-refractivity contribution in [1.82, 2.24) is 24.3 Å². The molecule has 0 fully saturated rings. The second-order valence-electron chi connectivity index (χ2n) is 3.43. The molecule has 2 heterocycles. The summed E-state index contributed by atoms with van der Waals surface area (Å²) in [7, 11) is -3.15. The van der Waals surface area contributed by atoms with Crippen molar-refractivity contribution >= 4 is 21.5 Å². The molecule has 0 aliphatic rings. The summed E-state index contributed by atoms with van der Waals surface area (Å²) in [4.78, 5) is 4.10. The van der Waals surface area contributed by atoms with Crippen molar-refractivity contribution in [2.75, 3.05) is 24.7 Å². The molecule has 0 radical (unpaired) electrons. The molecule has 17 heavy (non-hydrogen) atoms. The largest absolute Gasteiger partial charge is 0.366 e. The van der Waals surface area contributed by atoms with Gasteiger partial charge in [-0.15, -0.1) is 10.2 Å². The van der Waals surface area contributed by atoms with Crippen LogP contribution in [0.4, 0.5) is 5.82 Å². The Morgan fingerprint density at radius 1 is 1.41 bits per heavy atom. The van der Waals surface area contributed by atoms with Gasteiger partial charge in [-0.1, -0.05) is 0 Å². The van der Waals surface area contributed by atoms with Gasteiger partial charge in [-0.3, -0.25) is 4.40 Å². The molecule has 8 nitrogen and oxygen atoms in total. The maximum atomic E-state index is 10.8. The van der Waals surface area contributed by atoms with Gasteiger partial charge < -0.3 is 5.32 Å². The van der Waals surface area contributed by atoms with Crippen LogP contribution in [-0.4, -0.2) is 47.3 Å². The average Bonchev–Trinajstić information content (AvgIpc) is 2.71. The highest BCUT2D eigenvalue weighted by atomic mass is 32.2. The van der Waals surface area contributed by atoms with Crippen LogP contribution in [0.3, 0.4) is 0 Å². The Morgan fingerprint density at radius 3 is 3.00 bits per heavy atom. The van der Waals surface area contributed by atoms with Gasteiger partial charge in [-0.25, -0.2) is 18.1 Å². The highest BCUT2D eigenvalue weighted by Gasteiger charge is 2.04. The first kappa shape index (κ1) is 11.7. The molecular formula is C8H12N6O2S. The van der Waals surface area contributed by atoms with Crippen molar-refractivity contribution in [2.24, 2.45) is 0 Å². The molecule has 2 N–H and O–H groups in total. The summed E-state index contributed by atoms with van der Waals surface area (Å²) in [5.41, 5.74) is 0.604. The maximum Gasteiger partial charge on any atom is 0.208 e. The van der Waals surface area contributed by atoms with E-state index in [1.807, 2.05) is 0 Å². The standard InChI is InChI=1S/C8H12N6O2S/c1-17(15,16)12-3-2-9-7-8-13-11-6-14(8)5-4-10-7/h4-6,12H,2-3H2,1H3,(H,9,10). The molecule has 2 rings (SSSR count). The van der Waals surface area contributed by atoms with Gasteiger partial charge in [0.05, 0.1) is 6.26 Å². The van der Waals surface area contributed by atoms with Gasteiger partial charge in [0.2, 0.25) is 15.7 Å². The second kappa shape index (κ2) is 4.63. The number of sulfonamides is 1. The van der Waals surface area contributed by atoms with Crippen molar-refractivity contribution in [2.45, 2.75) is 0 Å². The zero-order valence-corrected chi connectivity index (χ0v) is 9.98. The molecule has 0 aromatic carbocycles. The number of nitrogens with one attached hydrogen (secondary N) is 2. The second-order valence-corrected chi connectivity index (χ2v) is 5.26. The topological polar surface area (TPSA) is 101 Å². The van der Waals surface area contributed by atoms with Gasteiger partial charge in [0.1, 0.15) is 6.33 Å². The lowest BCUT2D eigenvalue weighted by molar-refractivity contribution is 0.589. The molecule has 0 atom stereocenters. The molecule has 0 saturated carbocycles. The third-order valence-corrected chi connectivity index (χ3v) is 2.73. The Kier molecular flexibility index (Phi) is 3.20. The van der Waals surface area contributed by atoms with Crippen LogP contribution in [0.5, 0.6) is 0 Å². The number of fused-ring (bicyclic) bond motifs is 1. The SMILES string of the molecule is CS(=O)(=O)NCCNc1nccn2cnnc12. The molecule has 0 bridgehead atoms. The monoisotopic (exact) mass is 256 g/mol. The highest BCUT2D eigenvalue weighted by molar-refractivity contribution is 7.88. The molecule has 2 aromatic heterocycles. The Hall–Kier alpha value is -1.74. The van der Waals surface area contributed by atoms with Gasteiger partial charge in [0.25, 0.3) is 0 Å². The van der Waals surface area contributed by atoms with Crippen LogP contribution in [0.25, 0.3) is 5.65 Å². The predicted octanol–water partition coefficient (Wildman–Crippen LogP) is -0.915. The molecule has 2 aromatic rings. The summed E-state index contributed by atoms with van der Waals surface area (Å²) >= 11 is 0. The van der Waals surface area contributed by atoms with Crippen LogP contribution in [0.1, 0.15) is 0 Å². The number of hydrogen-bond donors (Lipinski definition) is 2. The van der Waals surface area contributed by atoms with E-state index < -0.39 is 10.0 Å². The number of anilines is 1. The number of nitrogens with zero attached hydrogens (tertiary/aromatic N) is 4. The first-order valence-electron chi connectivity index (χ1n) is 4.89. The summed E-state index contributed by atoms with van der Waals surface area (Å²) in [5.74, 6) is 0.570. The van der Waals surface area contributed by atoms with Gasteiger partial charge in [-0.05, 0) is 0 Å². The lowest BCUT2D eigenvalue weighted by atomic mass is 10.5. The third-order valence-electron chi connectivity index (χ3n) is 2.00. The van der Waals surface area contributed by atoms with E-state index in [2.05, 4.69) is 25.2 Å². The molecule has 0 amide bonds. The van der Waals surface area contributed by atoms with Gasteiger partial charge in [-0.2, -0.15) is 0 Å². The summed E-state index contributed by atoms with van der Waals surface area (Å²) in [6.45, 7) is 0.711. The Morgan fingerprint density at radius 2 is 2.24 bits per heavy atom. The summed E-state index contributed by atoms with van der Waals surface area (Å²) in [6.07, 6.45) is 6.03. The smallest absolute Gasteiger partial charge is 0.208 e. The molecule has 0 spiro atoms. The van der Waals surface area contributed by atoms with Crippen LogP contribution < -0.4 is 10.0 Å². The van der Waals surface area contributed by atoms with Crippen LogP contribution in [0.2, 0.25) is 0 Å². The molecule has 0 aliphatic heterocycles. The van der Waals surface area contributed by atoms with Crippen LogP contribution >= 0.6 is 0 Å². The zero-order valence-electron chi connectivity index (χ0n) is 9.16. The first-order chi connectivity index (χ1) is 8.06. The normalized spacial score (nSPS) is 11.8. The molecule has 0 aliphatic carbocycles. The lowest BCUT2D eigenvalue weighted by Crippen LogP contribution is -2.27. The van der Waals surface area contributed by atoms with E-state index in [9.17, 15) is 8.42 Å². The highest BCUT2D eigenvalue weighted by Crippen LogP contribution is 2.08. The van der Waals surface area contributed by atoms with E-state index in [0.29, 0.717) is 18.0 Å². The quantitative estimate of drug-likeness (QED) is 0.671. The third kappa shape index (κ3) is 3.11. The van der Waals surface area contributed by atoms with E-state index >= 15 is 0 Å². The lowest BCUT2D eigenvalue weighted by Gasteiger charge is -2.06. The first-order valence-corrected chi connectivity index (χ1v) is 6.78. The van der Waals surface area contributed by atoms with Gasteiger partial charge >= 0.3 is 0 Å². The van der Waals surface area contributed by atoms with Crippen molar-refractivity contribution in [3.05, 3.63) is 18.7 Å². The number of hydrogen-bond acceptors (Lipinski definition) is 6. The van der Waals surface area contributed by atoms with Gasteiger partial charge in [0, 0.05) is 25.5 Å². The van der Waals surface area contributed by atoms with Crippen molar-refractivity contribution in [3.63, 3.8) is 0 Å². The zero-order chi connectivity index (χ0) is 12.3. The number of rotatable bonds is 5. The van der Waals surface area contributed by atoms with Crippen molar-refractivity contribution in [1.29, 1.82) is 0 Å². The summed E-state index contributed by atoms with van der Waals surface area (Å²) in [6, 6.07) is 0. The molecule has 9 heteroatoms. The van der Waals surface area contributed by atoms with E-state index in [1.54, 1.807) is 23.1 Å². The van der Waals surface area contributed by atoms with Crippen molar-refractivity contribution < 1.29 is 8.42 Å². The minimum Gasteiger partial charge on any atom is -0.366 e. The average molecular weight is 256 g/mol. The minimum atomic E-state index is -3.15. The van der Waals surface area contributed by atoms with Gasteiger partial charge in [0.15, 0.2) is 5.82 Å². The van der Waals surface area contributed by atoms with E-state index in [-0.39, 0.29) is 6.54 Å². The summed E-state index contributed by atoms with van der Waals surface area (Å²) in [5, 5.41) is 10.6. The Labute approximate surface area is 98.1 Å². The molecular weight excluding hydrogens is 244 g/mol. The minimum absolute atomic E-state index is 0.287. The van der Waals surface area contributed by atoms with E-state index in [0.717, 1.165) is 6.26 Å². The van der Waals surface area contributed by atoms with E-state index in [4.69, 9.17) is 0 Å². The fourth-order valence-electron chi connectivity index (χ4n) is 1.30. The fraction of sp³-hybridized carbons (Fsp3) is 0.375.